The summed E-state index contributed by atoms with van der Waals surface area (Å²) in [5, 5.41) is 6.97. The summed E-state index contributed by atoms with van der Waals surface area (Å²) in [5.41, 5.74) is 9.55. The first-order valence-corrected chi connectivity index (χ1v) is 18.2. The second kappa shape index (κ2) is 12.1. The standard InChI is InChI=1S/C49H31N5/c1-3-16-32(17-4-1)47-50-48(52-49(51-47)40-25-15-29-44-46(40)39-24-11-14-28-43(39)53(44)35-19-5-2-6-20-35)34-30-33-18-7-8-21-36(33)45(31-34)54-41-26-12-9-22-37(41)38-23-10-13-27-42(38)54/h1-31H. The Bertz CT molecular complexity index is 3160. The zero-order chi connectivity index (χ0) is 35.6. The number of rotatable bonds is 5. The molecule has 0 radical (unpaired) electrons. The van der Waals surface area contributed by atoms with Gasteiger partial charge in [-0.25, -0.2) is 15.0 Å². The molecule has 11 aromatic rings. The summed E-state index contributed by atoms with van der Waals surface area (Å²) in [6.45, 7) is 0. The predicted molar refractivity (Wildman–Crippen MR) is 222 cm³/mol. The molecule has 0 aliphatic rings. The van der Waals surface area contributed by atoms with Gasteiger partial charge < -0.3 is 9.13 Å². The van der Waals surface area contributed by atoms with Gasteiger partial charge in [0, 0.05) is 49.3 Å². The highest BCUT2D eigenvalue weighted by Crippen LogP contribution is 2.40. The van der Waals surface area contributed by atoms with Crippen molar-refractivity contribution in [3.05, 3.63) is 188 Å². The van der Waals surface area contributed by atoms with E-state index < -0.39 is 0 Å². The van der Waals surface area contributed by atoms with E-state index in [0.29, 0.717) is 17.5 Å². The Labute approximate surface area is 311 Å². The van der Waals surface area contributed by atoms with Crippen LogP contribution in [0.15, 0.2) is 188 Å². The van der Waals surface area contributed by atoms with E-state index in [0.717, 1.165) is 71.7 Å². The molecule has 0 aliphatic carbocycles. The Morgan fingerprint density at radius 1 is 0.333 bits per heavy atom. The van der Waals surface area contributed by atoms with Crippen molar-refractivity contribution in [2.24, 2.45) is 0 Å². The summed E-state index contributed by atoms with van der Waals surface area (Å²) in [7, 11) is 0. The van der Waals surface area contributed by atoms with Crippen LogP contribution in [0.25, 0.3) is 99.9 Å². The molecule has 8 aromatic carbocycles. The monoisotopic (exact) mass is 689 g/mol. The van der Waals surface area contributed by atoms with Crippen LogP contribution < -0.4 is 0 Å². The largest absolute Gasteiger partial charge is 0.309 e. The Hall–Kier alpha value is -7.37. The molecule has 0 unspecified atom stereocenters. The number of benzene rings is 8. The van der Waals surface area contributed by atoms with Gasteiger partial charge in [-0.3, -0.25) is 0 Å². The summed E-state index contributed by atoms with van der Waals surface area (Å²) < 4.78 is 4.71. The van der Waals surface area contributed by atoms with E-state index in [9.17, 15) is 0 Å². The highest BCUT2D eigenvalue weighted by Gasteiger charge is 2.21. The van der Waals surface area contributed by atoms with Gasteiger partial charge in [0.15, 0.2) is 17.5 Å². The minimum absolute atomic E-state index is 0.621. The summed E-state index contributed by atoms with van der Waals surface area (Å²) in [6, 6.07) is 66.1. The molecule has 11 rings (SSSR count). The molecule has 5 nitrogen and oxygen atoms in total. The highest BCUT2D eigenvalue weighted by molar-refractivity contribution is 6.15. The molecule has 0 amide bonds. The third-order valence-electron chi connectivity index (χ3n) is 10.5. The van der Waals surface area contributed by atoms with Gasteiger partial charge in [0.1, 0.15) is 0 Å². The van der Waals surface area contributed by atoms with Crippen molar-refractivity contribution in [3.8, 4) is 45.5 Å². The molecular weight excluding hydrogens is 659 g/mol. The molecule has 0 saturated heterocycles. The molecule has 252 valence electrons. The zero-order valence-electron chi connectivity index (χ0n) is 29.1. The van der Waals surface area contributed by atoms with Crippen LogP contribution in [0.2, 0.25) is 0 Å². The first kappa shape index (κ1) is 30.3. The van der Waals surface area contributed by atoms with Crippen molar-refractivity contribution in [3.63, 3.8) is 0 Å². The minimum Gasteiger partial charge on any atom is -0.309 e. The molecule has 5 heteroatoms. The van der Waals surface area contributed by atoms with E-state index in [4.69, 9.17) is 15.0 Å². The summed E-state index contributed by atoms with van der Waals surface area (Å²) in [6.07, 6.45) is 0. The fourth-order valence-electron chi connectivity index (χ4n) is 8.19. The normalized spacial score (nSPS) is 11.7. The van der Waals surface area contributed by atoms with Crippen LogP contribution in [0.1, 0.15) is 0 Å². The second-order valence-corrected chi connectivity index (χ2v) is 13.6. The molecule has 0 saturated carbocycles. The molecule has 0 spiro atoms. The smallest absolute Gasteiger partial charge is 0.164 e. The van der Waals surface area contributed by atoms with Gasteiger partial charge >= 0.3 is 0 Å². The van der Waals surface area contributed by atoms with Crippen LogP contribution in [-0.4, -0.2) is 24.1 Å². The Morgan fingerprint density at radius 2 is 0.852 bits per heavy atom. The molecule has 0 bridgehead atoms. The quantitative estimate of drug-likeness (QED) is 0.181. The molecule has 0 atom stereocenters. The predicted octanol–water partition coefficient (Wildman–Crippen LogP) is 12.2. The summed E-state index contributed by atoms with van der Waals surface area (Å²) in [5.74, 6) is 1.88. The third-order valence-corrected chi connectivity index (χ3v) is 10.5. The van der Waals surface area contributed by atoms with E-state index in [1.807, 2.05) is 18.2 Å². The van der Waals surface area contributed by atoms with Gasteiger partial charge in [0.25, 0.3) is 0 Å². The lowest BCUT2D eigenvalue weighted by atomic mass is 10.0. The number of nitrogens with zero attached hydrogens (tertiary/aromatic N) is 5. The Balaban J connectivity index is 1.20. The minimum atomic E-state index is 0.621. The fraction of sp³-hybridized carbons (Fsp3) is 0. The summed E-state index contributed by atoms with van der Waals surface area (Å²) >= 11 is 0. The van der Waals surface area contributed by atoms with Crippen molar-refractivity contribution in [2.45, 2.75) is 0 Å². The molecule has 3 heterocycles. The average Bonchev–Trinajstić information content (AvgIpc) is 3.77. The molecule has 3 aromatic heterocycles. The third kappa shape index (κ3) is 4.69. The van der Waals surface area contributed by atoms with Gasteiger partial charge in [-0.1, -0.05) is 140 Å². The van der Waals surface area contributed by atoms with Crippen molar-refractivity contribution < 1.29 is 0 Å². The average molecular weight is 690 g/mol. The lowest BCUT2D eigenvalue weighted by Gasteiger charge is -2.15. The van der Waals surface area contributed by atoms with Gasteiger partial charge in [-0.05, 0) is 53.9 Å². The van der Waals surface area contributed by atoms with E-state index in [1.165, 1.54) is 10.8 Å². The van der Waals surface area contributed by atoms with Crippen molar-refractivity contribution in [1.29, 1.82) is 0 Å². The number of hydrogen-bond acceptors (Lipinski definition) is 3. The first-order valence-electron chi connectivity index (χ1n) is 18.2. The second-order valence-electron chi connectivity index (χ2n) is 13.6. The summed E-state index contributed by atoms with van der Waals surface area (Å²) in [4.78, 5) is 15.8. The Morgan fingerprint density at radius 3 is 1.56 bits per heavy atom. The van der Waals surface area contributed by atoms with Crippen LogP contribution in [0.3, 0.4) is 0 Å². The maximum Gasteiger partial charge on any atom is 0.164 e. The Kier molecular flexibility index (Phi) is 6.79. The number of para-hydroxylation sites is 4. The number of hydrogen-bond donors (Lipinski definition) is 0. The lowest BCUT2D eigenvalue weighted by molar-refractivity contribution is 1.07. The van der Waals surface area contributed by atoms with Crippen LogP contribution >= 0.6 is 0 Å². The lowest BCUT2D eigenvalue weighted by Crippen LogP contribution is -2.02. The SMILES string of the molecule is c1ccc(-c2nc(-c3cc(-n4c5ccccc5c5ccccc54)c4ccccc4c3)nc(-c3cccc4c3c3ccccc3n4-c3ccccc3)n2)cc1. The molecule has 54 heavy (non-hydrogen) atoms. The maximum absolute atomic E-state index is 5.35. The fourth-order valence-corrected chi connectivity index (χ4v) is 8.19. The van der Waals surface area contributed by atoms with Gasteiger partial charge in [-0.15, -0.1) is 0 Å². The van der Waals surface area contributed by atoms with Gasteiger partial charge in [-0.2, -0.15) is 0 Å². The first-order chi connectivity index (χ1) is 26.8. The van der Waals surface area contributed by atoms with E-state index in [2.05, 4.69) is 179 Å². The van der Waals surface area contributed by atoms with E-state index in [1.54, 1.807) is 0 Å². The number of fused-ring (bicyclic) bond motifs is 7. The van der Waals surface area contributed by atoms with Crippen molar-refractivity contribution in [1.82, 2.24) is 24.1 Å². The van der Waals surface area contributed by atoms with Crippen molar-refractivity contribution in [2.75, 3.05) is 0 Å². The maximum atomic E-state index is 5.35. The zero-order valence-corrected chi connectivity index (χ0v) is 29.1. The molecule has 0 fully saturated rings. The van der Waals surface area contributed by atoms with Crippen LogP contribution in [-0.2, 0) is 0 Å². The van der Waals surface area contributed by atoms with E-state index in [-0.39, 0.29) is 0 Å². The molecular formula is C49H31N5. The molecule has 0 aliphatic heterocycles. The topological polar surface area (TPSA) is 48.5 Å². The molecule has 0 N–H and O–H groups in total. The van der Waals surface area contributed by atoms with Crippen molar-refractivity contribution >= 4 is 54.4 Å². The van der Waals surface area contributed by atoms with Crippen LogP contribution in [0.5, 0.6) is 0 Å². The van der Waals surface area contributed by atoms with Gasteiger partial charge in [0.05, 0.1) is 27.8 Å². The van der Waals surface area contributed by atoms with E-state index >= 15 is 0 Å². The number of aromatic nitrogens is 5. The highest BCUT2D eigenvalue weighted by atomic mass is 15.0. The van der Waals surface area contributed by atoms with Crippen LogP contribution in [0, 0.1) is 0 Å². The van der Waals surface area contributed by atoms with Gasteiger partial charge in [0.2, 0.25) is 0 Å². The van der Waals surface area contributed by atoms with Crippen LogP contribution in [0.4, 0.5) is 0 Å².